The van der Waals surface area contributed by atoms with Gasteiger partial charge in [-0.2, -0.15) is 0 Å². The number of fused-ring (bicyclic) bond motifs is 1. The van der Waals surface area contributed by atoms with E-state index < -0.39 is 138 Å². The van der Waals surface area contributed by atoms with Crippen LogP contribution in [0, 0.1) is 5.92 Å². The van der Waals surface area contributed by atoms with E-state index in [9.17, 15) is 38.7 Å². The molecule has 1 fully saturated rings. The van der Waals surface area contributed by atoms with Crippen LogP contribution in [0.2, 0.25) is 5.02 Å². The van der Waals surface area contributed by atoms with E-state index in [-0.39, 0.29) is 87.9 Å². The van der Waals surface area contributed by atoms with E-state index in [1.165, 1.54) is 55.7 Å². The Morgan fingerprint density at radius 2 is 0.983 bits per heavy atom. The lowest BCUT2D eigenvalue weighted by molar-refractivity contribution is -0.861. The van der Waals surface area contributed by atoms with E-state index >= 15 is 28.8 Å². The maximum atomic E-state index is 15.6. The number of hydrogen-bond donors (Lipinski definition) is 13. The van der Waals surface area contributed by atoms with Crippen molar-refractivity contribution >= 4 is 111 Å². The Kier molecular flexibility index (Phi) is 35.0. The first kappa shape index (κ1) is 92.5. The number of unbranched alkanes of at least 4 members (excludes halogenated alkanes) is 1. The van der Waals surface area contributed by atoms with Gasteiger partial charge in [0.2, 0.25) is 65.0 Å². The molecule has 119 heavy (non-hydrogen) atoms. The molecule has 14 N–H and O–H groups in total. The second-order valence-electron chi connectivity index (χ2n) is 31.7. The molecule has 31 nitrogen and oxygen atoms in total. The molecule has 0 saturated carbocycles. The molecule has 8 rings (SSSR count). The van der Waals surface area contributed by atoms with Crippen LogP contribution in [0.1, 0.15) is 118 Å². The smallest absolute Gasteiger partial charge is 0.279 e. The van der Waals surface area contributed by atoms with Crippen LogP contribution >= 0.6 is 11.6 Å². The van der Waals surface area contributed by atoms with Crippen LogP contribution in [0.15, 0.2) is 164 Å². The maximum absolute atomic E-state index is 15.6. The number of anilines is 2. The predicted octanol–water partition coefficient (Wildman–Crippen LogP) is 3.15. The van der Waals surface area contributed by atoms with Gasteiger partial charge in [0, 0.05) is 92.8 Å². The molecule has 3 heterocycles. The molecule has 0 radical (unpaired) electrons. The monoisotopic (exact) mass is 1650 g/mol. The van der Waals surface area contributed by atoms with Crippen molar-refractivity contribution in [3.05, 3.63) is 203 Å². The van der Waals surface area contributed by atoms with E-state index in [4.69, 9.17) is 17.3 Å². The van der Waals surface area contributed by atoms with Gasteiger partial charge in [-0.05, 0) is 151 Å². The molecule has 13 amide bonds. The molecule has 0 aliphatic carbocycles. The van der Waals surface area contributed by atoms with E-state index in [0.717, 1.165) is 10.8 Å². The zero-order valence-electron chi connectivity index (χ0n) is 68.6. The number of primary amides is 1. The molecule has 2 aromatic heterocycles. The summed E-state index contributed by atoms with van der Waals surface area (Å²) >= 11 is 6.28. The first-order valence-electron chi connectivity index (χ1n) is 39.9. The van der Waals surface area contributed by atoms with E-state index in [1.54, 1.807) is 84.9 Å². The molecule has 634 valence electrons. The maximum Gasteiger partial charge on any atom is 0.279 e. The second kappa shape index (κ2) is 45.0. The number of likely N-dealkylation sites (N-methyl/N-ethyl adjacent to an activating group) is 1. The molecule has 0 unspecified atom stereocenters. The highest BCUT2D eigenvalue weighted by Gasteiger charge is 2.41. The van der Waals surface area contributed by atoms with Crippen LogP contribution in [0.5, 0.6) is 0 Å². The van der Waals surface area contributed by atoms with Crippen molar-refractivity contribution in [1.29, 1.82) is 0 Å². The second-order valence-corrected chi connectivity index (χ2v) is 32.1. The average Bonchev–Trinajstić information content (AvgIpc) is 1.74. The minimum atomic E-state index is -1.99. The molecule has 1 saturated heterocycles. The fourth-order valence-corrected chi connectivity index (χ4v) is 13.7. The molecule has 10 atom stereocenters. The van der Waals surface area contributed by atoms with E-state index in [0.29, 0.717) is 74.5 Å². The van der Waals surface area contributed by atoms with Gasteiger partial charge >= 0.3 is 0 Å². The van der Waals surface area contributed by atoms with Crippen molar-refractivity contribution in [2.45, 2.75) is 179 Å². The number of hydrogen-bond acceptors (Lipinski definition) is 17. The molecule has 7 aromatic rings. The normalized spacial score (nSPS) is 14.9. The molecule has 32 heteroatoms. The van der Waals surface area contributed by atoms with Gasteiger partial charge < -0.3 is 84.0 Å². The number of carbonyl (C=O) groups excluding carboxylic acids is 13. The number of likely N-dealkylation sites (tertiary alicyclic amines) is 1. The molecule has 1 aliphatic rings. The number of aromatic nitrogens is 2. The fraction of sp³-hybridized carbons (Fsp3) is 0.414. The summed E-state index contributed by atoms with van der Waals surface area (Å²) in [5.41, 5.74) is 8.91. The van der Waals surface area contributed by atoms with Crippen LogP contribution < -0.4 is 74.6 Å². The number of pyridine rings is 2. The van der Waals surface area contributed by atoms with Crippen LogP contribution in [-0.4, -0.2) is 210 Å². The van der Waals surface area contributed by atoms with E-state index in [2.05, 4.69) is 73.8 Å². The molecule has 1 aliphatic heterocycles. The lowest BCUT2D eigenvalue weighted by Crippen LogP contribution is -2.62. The SMILES string of the molecule is CC(=O)N[C@H](Cc1ccc2ccccc2c1)C(=O)N[C@H](Cc1ccc(Cl)cc1)C(=O)N[C@H](Cc1cccnc1)C(=O)N[C@@H](C[O-])C(=O)N[C@@H](Cc1ccc(NC(=O)c2cccnc2)cc1)C(=O)N[C@H](Cc1ccc(NC(=O)C[N+](C)(C)C)cc1)C(=O)N[C@@H](CC(C)C)C(=O)N[C@@H](CCCCNC(C)C)C(=O)N1CCC[C@H]1C(=O)N[C@H](C)C(N)=O. The molecular formula is C87H110ClN17O14. The largest absolute Gasteiger partial charge is 0.853 e. The van der Waals surface area contributed by atoms with Crippen LogP contribution in [-0.2, 0) is 89.6 Å². The Labute approximate surface area is 698 Å². The summed E-state index contributed by atoms with van der Waals surface area (Å²) in [4.78, 5) is 195. The summed E-state index contributed by atoms with van der Waals surface area (Å²) in [5, 5.41) is 49.3. The molecule has 0 bridgehead atoms. The van der Waals surface area contributed by atoms with Gasteiger partial charge in [0.1, 0.15) is 54.4 Å². The average molecular weight is 1650 g/mol. The van der Waals surface area contributed by atoms with Gasteiger partial charge in [0.15, 0.2) is 6.54 Å². The Bertz CT molecular complexity index is 4650. The lowest BCUT2D eigenvalue weighted by Gasteiger charge is -2.31. The summed E-state index contributed by atoms with van der Waals surface area (Å²) in [6, 6.07) is 24.6. The van der Waals surface area contributed by atoms with Crippen molar-refractivity contribution in [1.82, 2.24) is 68.0 Å². The number of nitrogens with zero attached hydrogens (tertiary/aromatic N) is 4. The van der Waals surface area contributed by atoms with Gasteiger partial charge in [-0.3, -0.25) is 72.3 Å². The molecule has 0 spiro atoms. The summed E-state index contributed by atoms with van der Waals surface area (Å²) in [6.07, 6.45) is 6.57. The number of amides is 13. The third kappa shape index (κ3) is 30.1. The van der Waals surface area contributed by atoms with Gasteiger partial charge in [0.05, 0.1) is 32.7 Å². The van der Waals surface area contributed by atoms with Crippen molar-refractivity contribution in [3.8, 4) is 0 Å². The van der Waals surface area contributed by atoms with Crippen molar-refractivity contribution in [3.63, 3.8) is 0 Å². The van der Waals surface area contributed by atoms with Crippen molar-refractivity contribution in [2.24, 2.45) is 11.7 Å². The topological polar surface area (TPSA) is 444 Å². The van der Waals surface area contributed by atoms with Gasteiger partial charge in [0.25, 0.3) is 11.8 Å². The summed E-state index contributed by atoms with van der Waals surface area (Å²) in [7, 11) is 5.56. The number of benzene rings is 5. The minimum absolute atomic E-state index is 0.000435. The Balaban J connectivity index is 1.11. The number of nitrogens with one attached hydrogen (secondary N) is 12. The number of carbonyl (C=O) groups is 13. The zero-order valence-corrected chi connectivity index (χ0v) is 69.3. The Hall–Kier alpha value is -12.1. The van der Waals surface area contributed by atoms with Crippen LogP contribution in [0.25, 0.3) is 10.8 Å². The van der Waals surface area contributed by atoms with Crippen molar-refractivity contribution < 1.29 is 71.9 Å². The van der Waals surface area contributed by atoms with Gasteiger partial charge in [-0.15, -0.1) is 6.61 Å². The fourth-order valence-electron chi connectivity index (χ4n) is 13.6. The first-order valence-corrected chi connectivity index (χ1v) is 40.3. The Morgan fingerprint density at radius 1 is 0.513 bits per heavy atom. The number of nitrogens with two attached hydrogens (primary N) is 1. The highest BCUT2D eigenvalue weighted by atomic mass is 35.5. The number of rotatable bonds is 43. The summed E-state index contributed by atoms with van der Waals surface area (Å²) < 4.78 is 0.327. The van der Waals surface area contributed by atoms with Gasteiger partial charge in [-0.1, -0.05) is 124 Å². The number of halogens is 1. The summed E-state index contributed by atoms with van der Waals surface area (Å²) in [5.74, 6) is -10.1. The quantitative estimate of drug-likeness (QED) is 0.0193. The lowest BCUT2D eigenvalue weighted by atomic mass is 9.99. The summed E-state index contributed by atoms with van der Waals surface area (Å²) in [6.45, 7) is 9.81. The highest BCUT2D eigenvalue weighted by Crippen LogP contribution is 2.24. The minimum Gasteiger partial charge on any atom is -0.853 e. The first-order chi connectivity index (χ1) is 56.7. The zero-order chi connectivity index (χ0) is 86.5. The van der Waals surface area contributed by atoms with Crippen molar-refractivity contribution in [2.75, 3.05) is 58.0 Å². The highest BCUT2D eigenvalue weighted by molar-refractivity contribution is 6.30. The molecular weight excluding hydrogens is 1540 g/mol. The van der Waals surface area contributed by atoms with Crippen LogP contribution in [0.3, 0.4) is 0 Å². The van der Waals surface area contributed by atoms with Gasteiger partial charge in [-0.25, -0.2) is 0 Å². The molecule has 5 aromatic carbocycles. The third-order valence-corrected chi connectivity index (χ3v) is 20.0. The van der Waals surface area contributed by atoms with E-state index in [1.807, 2.05) is 91.3 Å². The Morgan fingerprint density at radius 3 is 1.49 bits per heavy atom. The predicted molar refractivity (Wildman–Crippen MR) is 449 cm³/mol. The number of quaternary nitrogens is 1. The van der Waals surface area contributed by atoms with Crippen LogP contribution in [0.4, 0.5) is 11.4 Å². The standard InChI is InChI=1S/C87H110ClN17O14/c1-52(2)41-68(79(111)97-67(21-12-13-39-92-53(3)4)87(119)104-40-16-22-75(104)86(118)93-54(5)77(89)109)98-81(113)71(44-57-26-33-65(34-27-57)95-76(108)50-105(7,8)9)100-83(115)72(45-58-28-35-66(36-29-58)96-78(110)63-20-15-38-91-49-63)102-85(117)74(51-106)103-84(116)73(47-60-17-14-37-90-48-60)101-82(114)70(43-56-24-31-64(88)32-25-56)99-80(112)69(94-55(6)107)46-59-23-30-61-18-10-11-19-62(61)42-59/h10-11,14-15,17-20,23-38,42,48-49,52-54,67-75,92H,12-13,16,21-22,39-41,43-47,50-51H2,1-9H3,(H2,89,109)(H,93,118)(H,94,107)(H,95,108)(H,96,110)(H,97,111)(H,98,113)(H,99,112)(H,100,115)(H,101,114)(H,102,117)(H,103,116)/t54-,67+,68+,69-,70-,71-,72+,73-,74+,75+/m1/s1. The third-order valence-electron chi connectivity index (χ3n) is 19.7.